The second kappa shape index (κ2) is 6.69. The van der Waals surface area contributed by atoms with E-state index in [-0.39, 0.29) is 5.82 Å². The molecule has 0 aliphatic rings. The lowest BCUT2D eigenvalue weighted by atomic mass is 10.1. The fraction of sp³-hybridized carbons (Fsp3) is 0.188. The molecule has 0 fully saturated rings. The van der Waals surface area contributed by atoms with Gasteiger partial charge in [-0.2, -0.15) is 5.26 Å². The molecule has 102 valence electrons. The number of ether oxygens (including phenoxy) is 1. The van der Waals surface area contributed by atoms with Gasteiger partial charge in [0.05, 0.1) is 18.7 Å². The maximum atomic E-state index is 13.6. The molecule has 0 amide bonds. The average Bonchev–Trinajstić information content (AvgIpc) is 2.49. The lowest BCUT2D eigenvalue weighted by Crippen LogP contribution is -2.14. The highest BCUT2D eigenvalue weighted by Crippen LogP contribution is 2.13. The molecule has 0 saturated heterocycles. The van der Waals surface area contributed by atoms with Crippen LogP contribution in [0.1, 0.15) is 16.7 Å². The number of nitrogens with one attached hydrogen (secondary N) is 1. The van der Waals surface area contributed by atoms with Crippen molar-refractivity contribution in [1.29, 1.82) is 5.26 Å². The highest BCUT2D eigenvalue weighted by molar-refractivity contribution is 5.34. The van der Waals surface area contributed by atoms with Gasteiger partial charge in [-0.25, -0.2) is 4.39 Å². The van der Waals surface area contributed by atoms with E-state index >= 15 is 0 Å². The van der Waals surface area contributed by atoms with Crippen molar-refractivity contribution in [2.75, 3.05) is 7.11 Å². The van der Waals surface area contributed by atoms with Gasteiger partial charge in [-0.15, -0.1) is 0 Å². The number of rotatable bonds is 5. The largest absolute Gasteiger partial charge is 0.497 e. The number of benzene rings is 2. The van der Waals surface area contributed by atoms with E-state index in [1.54, 1.807) is 13.2 Å². The molecule has 0 heterocycles. The first kappa shape index (κ1) is 14.0. The van der Waals surface area contributed by atoms with Crippen LogP contribution < -0.4 is 10.1 Å². The van der Waals surface area contributed by atoms with Gasteiger partial charge in [0.2, 0.25) is 0 Å². The van der Waals surface area contributed by atoms with Crippen LogP contribution in [0.25, 0.3) is 0 Å². The minimum absolute atomic E-state index is 0.304. The van der Waals surface area contributed by atoms with E-state index in [1.807, 2.05) is 30.3 Å². The van der Waals surface area contributed by atoms with Gasteiger partial charge in [0.15, 0.2) is 0 Å². The molecule has 3 nitrogen and oxygen atoms in total. The van der Waals surface area contributed by atoms with Gasteiger partial charge in [0.25, 0.3) is 0 Å². The van der Waals surface area contributed by atoms with Crippen molar-refractivity contribution in [3.05, 3.63) is 65.0 Å². The van der Waals surface area contributed by atoms with Crippen LogP contribution in [0.5, 0.6) is 5.75 Å². The number of methoxy groups -OCH3 is 1. The lowest BCUT2D eigenvalue weighted by Gasteiger charge is -2.08. The molecule has 0 saturated carbocycles. The Kier molecular flexibility index (Phi) is 4.70. The molecule has 1 N–H and O–H groups in total. The molecule has 0 radical (unpaired) electrons. The molecule has 0 spiro atoms. The zero-order valence-corrected chi connectivity index (χ0v) is 11.2. The summed E-state index contributed by atoms with van der Waals surface area (Å²) >= 11 is 0. The predicted molar refractivity (Wildman–Crippen MR) is 74.7 cm³/mol. The maximum Gasteiger partial charge on any atom is 0.127 e. The zero-order valence-electron chi connectivity index (χ0n) is 11.2. The molecule has 2 aromatic rings. The molecule has 20 heavy (non-hydrogen) atoms. The van der Waals surface area contributed by atoms with Crippen LogP contribution in [-0.2, 0) is 13.1 Å². The molecule has 0 unspecified atom stereocenters. The van der Waals surface area contributed by atoms with Crippen molar-refractivity contribution in [3.8, 4) is 11.8 Å². The number of hydrogen-bond donors (Lipinski definition) is 1. The first-order valence-electron chi connectivity index (χ1n) is 6.25. The van der Waals surface area contributed by atoms with Crippen LogP contribution in [0.15, 0.2) is 42.5 Å². The summed E-state index contributed by atoms with van der Waals surface area (Å²) in [5, 5.41) is 12.0. The minimum Gasteiger partial charge on any atom is -0.497 e. The Morgan fingerprint density at radius 1 is 1.20 bits per heavy atom. The SMILES string of the molecule is COc1cccc(CNCc2cc(C#N)ccc2F)c1. The highest BCUT2D eigenvalue weighted by Gasteiger charge is 2.03. The number of nitriles is 1. The molecular formula is C16H15FN2O. The Labute approximate surface area is 117 Å². The van der Waals surface area contributed by atoms with Crippen molar-refractivity contribution < 1.29 is 9.13 Å². The molecule has 0 aliphatic heterocycles. The van der Waals surface area contributed by atoms with Crippen LogP contribution in [0, 0.1) is 17.1 Å². The molecule has 2 aromatic carbocycles. The van der Waals surface area contributed by atoms with Crippen molar-refractivity contribution in [2.45, 2.75) is 13.1 Å². The minimum atomic E-state index is -0.304. The molecule has 4 heteroatoms. The van der Waals surface area contributed by atoms with Gasteiger partial charge in [-0.1, -0.05) is 12.1 Å². The summed E-state index contributed by atoms with van der Waals surface area (Å²) in [7, 11) is 1.62. The van der Waals surface area contributed by atoms with Crippen LogP contribution >= 0.6 is 0 Å². The topological polar surface area (TPSA) is 45.0 Å². The van der Waals surface area contributed by atoms with Gasteiger partial charge in [-0.3, -0.25) is 0 Å². The van der Waals surface area contributed by atoms with Crippen LogP contribution in [0.2, 0.25) is 0 Å². The average molecular weight is 270 g/mol. The van der Waals surface area contributed by atoms with E-state index in [0.717, 1.165) is 11.3 Å². The van der Waals surface area contributed by atoms with Gasteiger partial charge >= 0.3 is 0 Å². The summed E-state index contributed by atoms with van der Waals surface area (Å²) in [6.07, 6.45) is 0. The van der Waals surface area contributed by atoms with Crippen molar-refractivity contribution in [1.82, 2.24) is 5.32 Å². The highest BCUT2D eigenvalue weighted by atomic mass is 19.1. The summed E-state index contributed by atoms with van der Waals surface area (Å²) in [6.45, 7) is 0.978. The second-order valence-corrected chi connectivity index (χ2v) is 4.37. The fourth-order valence-corrected chi connectivity index (χ4v) is 1.90. The Morgan fingerprint density at radius 2 is 2.05 bits per heavy atom. The van der Waals surface area contributed by atoms with Crippen LogP contribution in [-0.4, -0.2) is 7.11 Å². The van der Waals surface area contributed by atoms with Gasteiger partial charge in [0.1, 0.15) is 11.6 Å². The predicted octanol–water partition coefficient (Wildman–Crippen LogP) is 3.00. The summed E-state index contributed by atoms with van der Waals surface area (Å²) in [5.41, 5.74) is 2.01. The first-order valence-corrected chi connectivity index (χ1v) is 6.25. The molecule has 2 rings (SSSR count). The fourth-order valence-electron chi connectivity index (χ4n) is 1.90. The third-order valence-electron chi connectivity index (χ3n) is 2.95. The summed E-state index contributed by atoms with van der Waals surface area (Å²) < 4.78 is 18.7. The van der Waals surface area contributed by atoms with E-state index in [2.05, 4.69) is 5.32 Å². The van der Waals surface area contributed by atoms with Crippen molar-refractivity contribution >= 4 is 0 Å². The lowest BCUT2D eigenvalue weighted by molar-refractivity contribution is 0.414. The standard InChI is InChI=1S/C16H15FN2O/c1-20-15-4-2-3-13(8-15)10-19-11-14-7-12(9-18)5-6-16(14)17/h2-8,19H,10-11H2,1H3. The van der Waals surface area contributed by atoms with E-state index in [0.29, 0.717) is 24.2 Å². The molecule has 0 bridgehead atoms. The molecule has 0 atom stereocenters. The van der Waals surface area contributed by atoms with E-state index in [4.69, 9.17) is 10.00 Å². The third kappa shape index (κ3) is 3.56. The number of nitrogens with zero attached hydrogens (tertiary/aromatic N) is 1. The first-order chi connectivity index (χ1) is 9.72. The van der Waals surface area contributed by atoms with E-state index in [9.17, 15) is 4.39 Å². The van der Waals surface area contributed by atoms with Crippen molar-refractivity contribution in [3.63, 3.8) is 0 Å². The van der Waals surface area contributed by atoms with Crippen LogP contribution in [0.4, 0.5) is 4.39 Å². The molecule has 0 aliphatic carbocycles. The normalized spacial score (nSPS) is 10.1. The summed E-state index contributed by atoms with van der Waals surface area (Å²) in [5.74, 6) is 0.490. The number of halogens is 1. The second-order valence-electron chi connectivity index (χ2n) is 4.37. The van der Waals surface area contributed by atoms with E-state index < -0.39 is 0 Å². The van der Waals surface area contributed by atoms with Crippen LogP contribution in [0.3, 0.4) is 0 Å². The molecular weight excluding hydrogens is 255 g/mol. The Hall–Kier alpha value is -2.38. The van der Waals surface area contributed by atoms with E-state index in [1.165, 1.54) is 12.1 Å². The Morgan fingerprint density at radius 3 is 2.80 bits per heavy atom. The number of hydrogen-bond acceptors (Lipinski definition) is 3. The smallest absolute Gasteiger partial charge is 0.127 e. The van der Waals surface area contributed by atoms with Gasteiger partial charge in [-0.05, 0) is 35.9 Å². The molecule has 0 aromatic heterocycles. The quantitative estimate of drug-likeness (QED) is 0.908. The van der Waals surface area contributed by atoms with Gasteiger partial charge in [0, 0.05) is 18.7 Å². The third-order valence-corrected chi connectivity index (χ3v) is 2.95. The monoisotopic (exact) mass is 270 g/mol. The van der Waals surface area contributed by atoms with Gasteiger partial charge < -0.3 is 10.1 Å². The summed E-state index contributed by atoms with van der Waals surface area (Å²) in [6, 6.07) is 14.0. The summed E-state index contributed by atoms with van der Waals surface area (Å²) in [4.78, 5) is 0. The Balaban J connectivity index is 1.97. The maximum absolute atomic E-state index is 13.6. The Bertz CT molecular complexity index is 635. The van der Waals surface area contributed by atoms with Crippen molar-refractivity contribution in [2.24, 2.45) is 0 Å². The zero-order chi connectivity index (χ0) is 14.4.